The minimum atomic E-state index is -4.26. The smallest absolute Gasteiger partial charge is 0.331 e. The Morgan fingerprint density at radius 1 is 1.11 bits per heavy atom. The molecule has 0 radical (unpaired) electrons. The lowest BCUT2D eigenvalue weighted by Crippen LogP contribution is -2.17. The van der Waals surface area contributed by atoms with E-state index in [1.807, 2.05) is 6.07 Å². The van der Waals surface area contributed by atoms with Gasteiger partial charge < -0.3 is 4.57 Å². The molecule has 0 amide bonds. The molecule has 2 aromatic heterocycles. The van der Waals surface area contributed by atoms with Crippen molar-refractivity contribution in [3.8, 4) is 0 Å². The number of pyridine rings is 1. The third kappa shape index (κ3) is 2.20. The summed E-state index contributed by atoms with van der Waals surface area (Å²) < 4.78 is 40.2. The maximum atomic E-state index is 12.7. The zero-order chi connectivity index (χ0) is 13.6. The zero-order valence-electron chi connectivity index (χ0n) is 9.58. The van der Waals surface area contributed by atoms with E-state index in [-0.39, 0.29) is 0 Å². The predicted molar refractivity (Wildman–Crippen MR) is 71.0 cm³/mol. The van der Waals surface area contributed by atoms with Crippen molar-refractivity contribution in [3.63, 3.8) is 0 Å². The molecule has 19 heavy (non-hydrogen) atoms. The molecule has 0 N–H and O–H groups in total. The Hall–Kier alpha value is -1.56. The van der Waals surface area contributed by atoms with Gasteiger partial charge in [0.1, 0.15) is 6.54 Å². The summed E-state index contributed by atoms with van der Waals surface area (Å²) in [5.74, 6) is 0. The van der Waals surface area contributed by atoms with Crippen LogP contribution in [0.25, 0.3) is 21.8 Å². The summed E-state index contributed by atoms with van der Waals surface area (Å²) >= 11 is 3.29. The van der Waals surface area contributed by atoms with E-state index in [1.54, 1.807) is 24.4 Å². The molecule has 0 fully saturated rings. The van der Waals surface area contributed by atoms with Crippen molar-refractivity contribution >= 4 is 37.7 Å². The van der Waals surface area contributed by atoms with Gasteiger partial charge in [-0.2, -0.15) is 13.2 Å². The topological polar surface area (TPSA) is 17.8 Å². The first-order valence-electron chi connectivity index (χ1n) is 5.54. The first-order valence-corrected chi connectivity index (χ1v) is 6.33. The van der Waals surface area contributed by atoms with Gasteiger partial charge in [0.15, 0.2) is 0 Å². The Kier molecular flexibility index (Phi) is 2.78. The van der Waals surface area contributed by atoms with Crippen LogP contribution in [-0.4, -0.2) is 15.7 Å². The molecule has 98 valence electrons. The lowest BCUT2D eigenvalue weighted by Gasteiger charge is -2.10. The Bertz CT molecular complexity index is 761. The van der Waals surface area contributed by atoms with Gasteiger partial charge in [0, 0.05) is 27.6 Å². The fraction of sp³-hybridized carbons (Fsp3) is 0.154. The number of hydrogen-bond donors (Lipinski definition) is 0. The molecule has 0 atom stereocenters. The van der Waals surface area contributed by atoms with Crippen LogP contribution in [0.1, 0.15) is 0 Å². The SMILES string of the molecule is FC(F)(F)Cn1c2ccncc2c2ccc(Br)cc21. The van der Waals surface area contributed by atoms with Gasteiger partial charge in [-0.25, -0.2) is 0 Å². The quantitative estimate of drug-likeness (QED) is 0.642. The summed E-state index contributed by atoms with van der Waals surface area (Å²) in [6.45, 7) is -1.01. The van der Waals surface area contributed by atoms with Crippen LogP contribution in [0.4, 0.5) is 13.2 Å². The fourth-order valence-corrected chi connectivity index (χ4v) is 2.61. The van der Waals surface area contributed by atoms with Crippen molar-refractivity contribution in [2.45, 2.75) is 12.7 Å². The number of fused-ring (bicyclic) bond motifs is 3. The molecule has 0 unspecified atom stereocenters. The van der Waals surface area contributed by atoms with E-state index in [4.69, 9.17) is 0 Å². The second-order valence-corrected chi connectivity index (χ2v) is 5.17. The average Bonchev–Trinajstić information content (AvgIpc) is 2.62. The van der Waals surface area contributed by atoms with Crippen LogP contribution in [0.3, 0.4) is 0 Å². The van der Waals surface area contributed by atoms with Crippen LogP contribution in [0.2, 0.25) is 0 Å². The zero-order valence-corrected chi connectivity index (χ0v) is 11.2. The molecular formula is C13H8BrF3N2. The van der Waals surface area contributed by atoms with E-state index in [0.717, 1.165) is 15.2 Å². The summed E-state index contributed by atoms with van der Waals surface area (Å²) in [6, 6.07) is 6.92. The van der Waals surface area contributed by atoms with E-state index in [0.29, 0.717) is 11.0 Å². The molecule has 3 rings (SSSR count). The van der Waals surface area contributed by atoms with Crippen LogP contribution in [0.15, 0.2) is 41.1 Å². The second kappa shape index (κ2) is 4.23. The summed E-state index contributed by atoms with van der Waals surface area (Å²) in [6.07, 6.45) is -1.16. The molecule has 0 spiro atoms. The molecule has 0 bridgehead atoms. The minimum absolute atomic E-state index is 0.542. The number of benzene rings is 1. The molecule has 6 heteroatoms. The van der Waals surface area contributed by atoms with Crippen molar-refractivity contribution in [2.75, 3.05) is 0 Å². The van der Waals surface area contributed by atoms with Crippen molar-refractivity contribution in [1.82, 2.24) is 9.55 Å². The van der Waals surface area contributed by atoms with Crippen LogP contribution in [0.5, 0.6) is 0 Å². The van der Waals surface area contributed by atoms with Gasteiger partial charge in [-0.1, -0.05) is 22.0 Å². The largest absolute Gasteiger partial charge is 0.406 e. The molecule has 0 aliphatic heterocycles. The first kappa shape index (κ1) is 12.5. The monoisotopic (exact) mass is 328 g/mol. The Labute approximate surface area is 115 Å². The predicted octanol–water partition coefficient (Wildman–Crippen LogP) is 4.51. The number of hydrogen-bond acceptors (Lipinski definition) is 1. The highest BCUT2D eigenvalue weighted by Gasteiger charge is 2.29. The van der Waals surface area contributed by atoms with Crippen molar-refractivity contribution < 1.29 is 13.2 Å². The summed E-state index contributed by atoms with van der Waals surface area (Å²) in [7, 11) is 0. The first-order chi connectivity index (χ1) is 8.96. The molecule has 0 aliphatic carbocycles. The molecule has 0 aliphatic rings. The van der Waals surface area contributed by atoms with Gasteiger partial charge in [0.2, 0.25) is 0 Å². The third-order valence-electron chi connectivity index (χ3n) is 2.97. The highest BCUT2D eigenvalue weighted by atomic mass is 79.9. The second-order valence-electron chi connectivity index (χ2n) is 4.26. The Balaban J connectivity index is 2.40. The van der Waals surface area contributed by atoms with Gasteiger partial charge >= 0.3 is 6.18 Å². The molecule has 1 aromatic carbocycles. The fourth-order valence-electron chi connectivity index (χ4n) is 2.27. The lowest BCUT2D eigenvalue weighted by molar-refractivity contribution is -0.139. The van der Waals surface area contributed by atoms with E-state index in [9.17, 15) is 13.2 Å². The van der Waals surface area contributed by atoms with Gasteiger partial charge in [0.05, 0.1) is 11.0 Å². The standard InChI is InChI=1S/C13H8BrF3N2/c14-8-1-2-9-10-6-18-4-3-11(10)19(12(9)5-8)7-13(15,16)17/h1-6H,7H2. The van der Waals surface area contributed by atoms with Gasteiger partial charge in [-0.15, -0.1) is 0 Å². The maximum absolute atomic E-state index is 12.7. The number of alkyl halides is 3. The van der Waals surface area contributed by atoms with E-state index >= 15 is 0 Å². The summed E-state index contributed by atoms with van der Waals surface area (Å²) in [5, 5.41) is 1.50. The van der Waals surface area contributed by atoms with E-state index in [1.165, 1.54) is 10.8 Å². The molecule has 2 heterocycles. The number of nitrogens with zero attached hydrogens (tertiary/aromatic N) is 2. The normalized spacial score (nSPS) is 12.4. The Morgan fingerprint density at radius 2 is 1.89 bits per heavy atom. The Morgan fingerprint density at radius 3 is 2.63 bits per heavy atom. The summed E-state index contributed by atoms with van der Waals surface area (Å²) in [5.41, 5.74) is 1.09. The van der Waals surface area contributed by atoms with Crippen molar-refractivity contribution in [1.29, 1.82) is 0 Å². The van der Waals surface area contributed by atoms with Crippen LogP contribution in [-0.2, 0) is 6.54 Å². The molecule has 2 nitrogen and oxygen atoms in total. The highest BCUT2D eigenvalue weighted by molar-refractivity contribution is 9.10. The van der Waals surface area contributed by atoms with Crippen molar-refractivity contribution in [3.05, 3.63) is 41.1 Å². The summed E-state index contributed by atoms with van der Waals surface area (Å²) in [4.78, 5) is 3.99. The molecule has 3 aromatic rings. The van der Waals surface area contributed by atoms with Crippen LogP contribution < -0.4 is 0 Å². The number of aromatic nitrogens is 2. The number of halogens is 4. The van der Waals surface area contributed by atoms with Crippen LogP contribution in [0, 0.1) is 0 Å². The van der Waals surface area contributed by atoms with Gasteiger partial charge in [-0.05, 0) is 18.2 Å². The molecule has 0 saturated carbocycles. The van der Waals surface area contributed by atoms with E-state index < -0.39 is 12.7 Å². The molecular weight excluding hydrogens is 321 g/mol. The van der Waals surface area contributed by atoms with Crippen LogP contribution >= 0.6 is 15.9 Å². The van der Waals surface area contributed by atoms with Gasteiger partial charge in [-0.3, -0.25) is 4.98 Å². The van der Waals surface area contributed by atoms with E-state index in [2.05, 4.69) is 20.9 Å². The minimum Gasteiger partial charge on any atom is -0.331 e. The maximum Gasteiger partial charge on any atom is 0.406 e. The third-order valence-corrected chi connectivity index (χ3v) is 3.46. The molecule has 0 saturated heterocycles. The van der Waals surface area contributed by atoms with Gasteiger partial charge in [0.25, 0.3) is 0 Å². The lowest BCUT2D eigenvalue weighted by atomic mass is 10.2. The van der Waals surface area contributed by atoms with Crippen molar-refractivity contribution in [2.24, 2.45) is 0 Å². The number of rotatable bonds is 1. The average molecular weight is 329 g/mol. The highest BCUT2D eigenvalue weighted by Crippen LogP contribution is 2.32.